The van der Waals surface area contributed by atoms with Gasteiger partial charge in [0, 0.05) is 12.1 Å². The number of carbonyl (C=O) groups excluding carboxylic acids is 1. The number of halogens is 1. The zero-order valence-corrected chi connectivity index (χ0v) is 13.6. The van der Waals surface area contributed by atoms with Crippen molar-refractivity contribution in [1.82, 2.24) is 10.2 Å². The second-order valence-electron chi connectivity index (χ2n) is 6.47. The quantitative estimate of drug-likeness (QED) is 0.782. The molecule has 1 aromatic carbocycles. The SMILES string of the molecule is CN(C)[C@@H](C(=O)NCCCC1CCCC1)c1ccccc1F. The van der Waals surface area contributed by atoms with Crippen LogP contribution in [0.4, 0.5) is 4.39 Å². The first-order valence-corrected chi connectivity index (χ1v) is 8.28. The van der Waals surface area contributed by atoms with Crippen LogP contribution in [0.25, 0.3) is 0 Å². The van der Waals surface area contributed by atoms with Crippen LogP contribution < -0.4 is 5.32 Å². The molecule has 1 atom stereocenters. The average Bonchev–Trinajstić information content (AvgIpc) is 2.99. The van der Waals surface area contributed by atoms with Crippen molar-refractivity contribution in [3.8, 4) is 0 Å². The summed E-state index contributed by atoms with van der Waals surface area (Å²) in [7, 11) is 3.60. The van der Waals surface area contributed by atoms with Crippen LogP contribution >= 0.6 is 0 Å². The standard InChI is InChI=1S/C18H27FN2O/c1-21(2)17(15-11-5-6-12-16(15)19)18(22)20-13-7-10-14-8-3-4-9-14/h5-6,11-12,14,17H,3-4,7-10,13H2,1-2H3,(H,20,22)/t17-/m1/s1. The molecule has 0 aliphatic heterocycles. The number of rotatable bonds is 7. The minimum absolute atomic E-state index is 0.124. The average molecular weight is 306 g/mol. The number of likely N-dealkylation sites (N-methyl/N-ethyl adjacent to an activating group) is 1. The molecule has 0 bridgehead atoms. The molecule has 0 radical (unpaired) electrons. The molecule has 1 aromatic rings. The molecule has 1 N–H and O–H groups in total. The molecule has 22 heavy (non-hydrogen) atoms. The lowest BCUT2D eigenvalue weighted by atomic mass is 10.0. The van der Waals surface area contributed by atoms with Crippen molar-refractivity contribution < 1.29 is 9.18 Å². The highest BCUT2D eigenvalue weighted by atomic mass is 19.1. The summed E-state index contributed by atoms with van der Waals surface area (Å²) in [5.74, 6) is 0.386. The van der Waals surface area contributed by atoms with E-state index in [0.717, 1.165) is 12.3 Å². The minimum atomic E-state index is -0.576. The highest BCUT2D eigenvalue weighted by Crippen LogP contribution is 2.28. The van der Waals surface area contributed by atoms with E-state index in [9.17, 15) is 9.18 Å². The maximum atomic E-state index is 13.9. The molecule has 3 nitrogen and oxygen atoms in total. The Balaban J connectivity index is 1.86. The van der Waals surface area contributed by atoms with Gasteiger partial charge in [0.2, 0.25) is 5.91 Å². The van der Waals surface area contributed by atoms with Gasteiger partial charge in [0.25, 0.3) is 0 Å². The van der Waals surface area contributed by atoms with E-state index in [4.69, 9.17) is 0 Å². The van der Waals surface area contributed by atoms with E-state index in [-0.39, 0.29) is 11.7 Å². The summed E-state index contributed by atoms with van der Waals surface area (Å²) in [5, 5.41) is 2.97. The Kier molecular flexibility index (Phi) is 6.37. The highest BCUT2D eigenvalue weighted by molar-refractivity contribution is 5.83. The van der Waals surface area contributed by atoms with Crippen molar-refractivity contribution in [1.29, 1.82) is 0 Å². The Morgan fingerprint density at radius 1 is 1.32 bits per heavy atom. The Hall–Kier alpha value is -1.42. The fourth-order valence-electron chi connectivity index (χ4n) is 3.35. The largest absolute Gasteiger partial charge is 0.354 e. The Labute approximate surface area is 132 Å². The Bertz CT molecular complexity index is 484. The van der Waals surface area contributed by atoms with Crippen LogP contribution in [0.1, 0.15) is 50.1 Å². The number of hydrogen-bond donors (Lipinski definition) is 1. The van der Waals surface area contributed by atoms with Gasteiger partial charge in [-0.2, -0.15) is 0 Å². The summed E-state index contributed by atoms with van der Waals surface area (Å²) < 4.78 is 13.9. The van der Waals surface area contributed by atoms with Crippen LogP contribution in [0.2, 0.25) is 0 Å². The van der Waals surface area contributed by atoms with Crippen molar-refractivity contribution in [2.75, 3.05) is 20.6 Å². The lowest BCUT2D eigenvalue weighted by Crippen LogP contribution is -2.38. The molecule has 1 fully saturated rings. The van der Waals surface area contributed by atoms with Crippen molar-refractivity contribution in [2.45, 2.75) is 44.6 Å². The third kappa shape index (κ3) is 4.54. The lowest BCUT2D eigenvalue weighted by molar-refractivity contribution is -0.125. The van der Waals surface area contributed by atoms with E-state index in [1.807, 2.05) is 0 Å². The van der Waals surface area contributed by atoms with E-state index in [2.05, 4.69) is 5.32 Å². The predicted molar refractivity (Wildman–Crippen MR) is 87.0 cm³/mol. The van der Waals surface area contributed by atoms with E-state index < -0.39 is 6.04 Å². The first-order chi connectivity index (χ1) is 10.6. The zero-order chi connectivity index (χ0) is 15.9. The summed E-state index contributed by atoms with van der Waals surface area (Å²) in [5.41, 5.74) is 0.431. The Morgan fingerprint density at radius 2 is 2.00 bits per heavy atom. The lowest BCUT2D eigenvalue weighted by Gasteiger charge is -2.24. The van der Waals surface area contributed by atoms with Gasteiger partial charge in [-0.15, -0.1) is 0 Å². The molecule has 4 heteroatoms. The van der Waals surface area contributed by atoms with Gasteiger partial charge in [-0.3, -0.25) is 9.69 Å². The molecule has 0 unspecified atom stereocenters. The molecular weight excluding hydrogens is 279 g/mol. The second kappa shape index (κ2) is 8.28. The zero-order valence-electron chi connectivity index (χ0n) is 13.6. The van der Waals surface area contributed by atoms with Gasteiger partial charge in [0.15, 0.2) is 0 Å². The van der Waals surface area contributed by atoms with Crippen LogP contribution in [0.3, 0.4) is 0 Å². The maximum Gasteiger partial charge on any atom is 0.242 e. The first-order valence-electron chi connectivity index (χ1n) is 8.28. The highest BCUT2D eigenvalue weighted by Gasteiger charge is 2.25. The summed E-state index contributed by atoms with van der Waals surface area (Å²) in [4.78, 5) is 14.2. The first kappa shape index (κ1) is 16.9. The van der Waals surface area contributed by atoms with Crippen LogP contribution in [0.5, 0.6) is 0 Å². The Morgan fingerprint density at radius 3 is 2.64 bits per heavy atom. The molecule has 0 aromatic heterocycles. The van der Waals surface area contributed by atoms with Crippen LogP contribution in [-0.2, 0) is 4.79 Å². The van der Waals surface area contributed by atoms with Crippen molar-refractivity contribution in [3.63, 3.8) is 0 Å². The van der Waals surface area contributed by atoms with Crippen LogP contribution in [0, 0.1) is 11.7 Å². The number of amides is 1. The van der Waals surface area contributed by atoms with E-state index in [1.54, 1.807) is 37.2 Å². The maximum absolute atomic E-state index is 13.9. The molecule has 0 heterocycles. The smallest absolute Gasteiger partial charge is 0.242 e. The molecule has 1 saturated carbocycles. The van der Waals surface area contributed by atoms with Gasteiger partial charge in [-0.05, 0) is 38.9 Å². The molecule has 1 aliphatic rings. The van der Waals surface area contributed by atoms with Crippen LogP contribution in [0.15, 0.2) is 24.3 Å². The third-order valence-electron chi connectivity index (χ3n) is 4.53. The fraction of sp³-hybridized carbons (Fsp3) is 0.611. The number of carbonyl (C=O) groups is 1. The summed E-state index contributed by atoms with van der Waals surface area (Å²) in [6.07, 6.45) is 7.58. The van der Waals surface area contributed by atoms with Crippen molar-refractivity contribution >= 4 is 5.91 Å². The van der Waals surface area contributed by atoms with Crippen LogP contribution in [-0.4, -0.2) is 31.4 Å². The molecule has 1 amide bonds. The molecular formula is C18H27FN2O. The molecule has 1 aliphatic carbocycles. The monoisotopic (exact) mass is 306 g/mol. The van der Waals surface area contributed by atoms with E-state index >= 15 is 0 Å². The van der Waals surface area contributed by atoms with Gasteiger partial charge >= 0.3 is 0 Å². The number of nitrogens with zero attached hydrogens (tertiary/aromatic N) is 1. The fourth-order valence-corrected chi connectivity index (χ4v) is 3.35. The van der Waals surface area contributed by atoms with Gasteiger partial charge < -0.3 is 5.32 Å². The number of benzene rings is 1. The van der Waals surface area contributed by atoms with Crippen molar-refractivity contribution in [2.24, 2.45) is 5.92 Å². The van der Waals surface area contributed by atoms with Gasteiger partial charge in [-0.1, -0.05) is 43.9 Å². The summed E-state index contributed by atoms with van der Waals surface area (Å²) in [6, 6.07) is 5.91. The second-order valence-corrected chi connectivity index (χ2v) is 6.47. The number of nitrogens with one attached hydrogen (secondary N) is 1. The third-order valence-corrected chi connectivity index (χ3v) is 4.53. The van der Waals surface area contributed by atoms with Gasteiger partial charge in [0.1, 0.15) is 11.9 Å². The predicted octanol–water partition coefficient (Wildman–Crippen LogP) is 3.52. The van der Waals surface area contributed by atoms with E-state index in [0.29, 0.717) is 12.1 Å². The summed E-state index contributed by atoms with van der Waals surface area (Å²) >= 11 is 0. The minimum Gasteiger partial charge on any atom is -0.354 e. The number of hydrogen-bond acceptors (Lipinski definition) is 2. The topological polar surface area (TPSA) is 32.3 Å². The molecule has 0 saturated heterocycles. The summed E-state index contributed by atoms with van der Waals surface area (Å²) in [6.45, 7) is 0.675. The van der Waals surface area contributed by atoms with Gasteiger partial charge in [0.05, 0.1) is 0 Å². The molecule has 2 rings (SSSR count). The molecule has 122 valence electrons. The normalized spacial score (nSPS) is 16.9. The van der Waals surface area contributed by atoms with E-state index in [1.165, 1.54) is 38.2 Å². The van der Waals surface area contributed by atoms with Gasteiger partial charge in [-0.25, -0.2) is 4.39 Å². The molecule has 0 spiro atoms. The van der Waals surface area contributed by atoms with Crippen molar-refractivity contribution in [3.05, 3.63) is 35.6 Å².